The van der Waals surface area contributed by atoms with Crippen LogP contribution in [-0.2, 0) is 28.6 Å². The zero-order chi connectivity index (χ0) is 34.2. The molecule has 0 unspecified atom stereocenters. The number of allylic oxidation sites excluding steroid dienone is 1. The van der Waals surface area contributed by atoms with Crippen molar-refractivity contribution in [1.82, 2.24) is 0 Å². The van der Waals surface area contributed by atoms with Crippen molar-refractivity contribution >= 4 is 17.9 Å². The van der Waals surface area contributed by atoms with Gasteiger partial charge in [0, 0.05) is 16.4 Å². The summed E-state index contributed by atoms with van der Waals surface area (Å²) in [5, 5.41) is 22.9. The summed E-state index contributed by atoms with van der Waals surface area (Å²) in [6.45, 7) is 19.1. The highest BCUT2D eigenvalue weighted by atomic mass is 16.6. The lowest BCUT2D eigenvalue weighted by Crippen LogP contribution is -2.58. The Morgan fingerprint density at radius 3 is 2.28 bits per heavy atom. The molecule has 0 aromatic heterocycles. The first kappa shape index (κ1) is 35.1. The smallest absolute Gasteiger partial charge is 0.334 e. The second-order valence-electron chi connectivity index (χ2n) is 17.1. The van der Waals surface area contributed by atoms with Gasteiger partial charge in [0.05, 0.1) is 31.7 Å². The molecule has 2 saturated carbocycles. The van der Waals surface area contributed by atoms with Crippen LogP contribution < -0.4 is 0 Å². The van der Waals surface area contributed by atoms with Gasteiger partial charge in [-0.3, -0.25) is 9.59 Å². The van der Waals surface area contributed by atoms with Gasteiger partial charge in [-0.1, -0.05) is 52.7 Å². The molecule has 0 amide bonds. The number of cyclic esters (lactones) is 1. The van der Waals surface area contributed by atoms with Gasteiger partial charge in [-0.15, -0.1) is 0 Å². The molecule has 4 aliphatic carbocycles. The summed E-state index contributed by atoms with van der Waals surface area (Å²) in [4.78, 5) is 37.0. The van der Waals surface area contributed by atoms with Crippen LogP contribution in [0.4, 0.5) is 0 Å². The molecule has 46 heavy (non-hydrogen) atoms. The van der Waals surface area contributed by atoms with E-state index in [1.807, 2.05) is 13.8 Å². The van der Waals surface area contributed by atoms with E-state index in [9.17, 15) is 24.6 Å². The molecule has 1 aliphatic heterocycles. The fourth-order valence-corrected chi connectivity index (χ4v) is 11.2. The Bertz CT molecular complexity index is 1340. The second kappa shape index (κ2) is 11.7. The van der Waals surface area contributed by atoms with E-state index in [4.69, 9.17) is 9.47 Å². The first-order chi connectivity index (χ1) is 21.2. The van der Waals surface area contributed by atoms with Crippen molar-refractivity contribution < 1.29 is 38.8 Å². The van der Waals surface area contributed by atoms with Gasteiger partial charge in [0.1, 0.15) is 12.2 Å². The molecular formula is C38H58O8. The molecule has 2 fully saturated rings. The third-order valence-corrected chi connectivity index (χ3v) is 14.3. The van der Waals surface area contributed by atoms with Crippen molar-refractivity contribution in [1.29, 1.82) is 0 Å². The van der Waals surface area contributed by atoms with Crippen LogP contribution in [0.1, 0.15) is 127 Å². The number of ether oxygens (including phenoxy) is 3. The first-order valence-corrected chi connectivity index (χ1v) is 17.5. The Kier molecular flexibility index (Phi) is 8.97. The van der Waals surface area contributed by atoms with Crippen molar-refractivity contribution in [2.75, 3.05) is 7.11 Å². The van der Waals surface area contributed by atoms with E-state index in [0.717, 1.165) is 49.7 Å². The minimum absolute atomic E-state index is 0.108. The summed E-state index contributed by atoms with van der Waals surface area (Å²) in [5.41, 5.74) is 2.43. The van der Waals surface area contributed by atoms with E-state index in [-0.39, 0.29) is 58.6 Å². The average Bonchev–Trinajstić information content (AvgIpc) is 3.38. The quantitative estimate of drug-likeness (QED) is 0.173. The SMILES string of the molecule is COC(=O)C[C@](C)(O)CC(=O)O[C@@H]1CC[C@]2(C)C3=C(CC[C@H]2C1(C)C)[C@]1(C)CC[C@H]([C@H](C)C[C@@H]2OC(=O)C(C)=C2C)[C@@]1(C)[C@@H](O)C3. The molecule has 2 N–H and O–H groups in total. The van der Waals surface area contributed by atoms with Crippen LogP contribution in [0.5, 0.6) is 0 Å². The van der Waals surface area contributed by atoms with Gasteiger partial charge >= 0.3 is 17.9 Å². The van der Waals surface area contributed by atoms with Crippen molar-refractivity contribution in [2.45, 2.75) is 150 Å². The first-order valence-electron chi connectivity index (χ1n) is 17.5. The van der Waals surface area contributed by atoms with Crippen LogP contribution in [0.3, 0.4) is 0 Å². The number of carbonyl (C=O) groups is 3. The van der Waals surface area contributed by atoms with E-state index in [1.54, 1.807) is 5.57 Å². The summed E-state index contributed by atoms with van der Waals surface area (Å²) in [7, 11) is 1.26. The van der Waals surface area contributed by atoms with Crippen LogP contribution in [0.25, 0.3) is 0 Å². The van der Waals surface area contributed by atoms with Gasteiger partial charge < -0.3 is 24.4 Å². The van der Waals surface area contributed by atoms with Gasteiger partial charge in [-0.05, 0) is 106 Å². The fourth-order valence-electron chi connectivity index (χ4n) is 11.2. The molecule has 10 atom stereocenters. The van der Waals surface area contributed by atoms with Crippen molar-refractivity contribution in [3.8, 4) is 0 Å². The molecule has 8 heteroatoms. The van der Waals surface area contributed by atoms with Gasteiger partial charge in [-0.25, -0.2) is 4.79 Å². The predicted molar refractivity (Wildman–Crippen MR) is 174 cm³/mol. The molecule has 0 radical (unpaired) electrons. The number of hydrogen-bond acceptors (Lipinski definition) is 8. The zero-order valence-electron chi connectivity index (χ0n) is 29.9. The summed E-state index contributed by atoms with van der Waals surface area (Å²) in [6.07, 6.45) is 5.63. The molecule has 5 rings (SSSR count). The van der Waals surface area contributed by atoms with E-state index < -0.39 is 23.6 Å². The minimum Gasteiger partial charge on any atom is -0.469 e. The van der Waals surface area contributed by atoms with Gasteiger partial charge in [0.2, 0.25) is 0 Å². The number of methoxy groups -OCH3 is 1. The zero-order valence-corrected chi connectivity index (χ0v) is 29.9. The molecule has 0 aromatic rings. The summed E-state index contributed by atoms with van der Waals surface area (Å²) in [5.74, 6) is -0.377. The summed E-state index contributed by atoms with van der Waals surface area (Å²) >= 11 is 0. The van der Waals surface area contributed by atoms with Crippen molar-refractivity contribution in [2.24, 2.45) is 39.4 Å². The Labute approximate surface area is 275 Å². The van der Waals surface area contributed by atoms with E-state index in [2.05, 4.69) is 46.3 Å². The lowest BCUT2D eigenvalue weighted by Gasteiger charge is -2.63. The molecule has 0 aromatic carbocycles. The largest absolute Gasteiger partial charge is 0.469 e. The maximum atomic E-state index is 13.0. The number of aliphatic hydroxyl groups is 2. The predicted octanol–water partition coefficient (Wildman–Crippen LogP) is 6.61. The molecule has 8 nitrogen and oxygen atoms in total. The average molecular weight is 643 g/mol. The van der Waals surface area contributed by atoms with Crippen LogP contribution in [0.15, 0.2) is 22.3 Å². The highest BCUT2D eigenvalue weighted by Crippen LogP contribution is 2.72. The van der Waals surface area contributed by atoms with Crippen LogP contribution >= 0.6 is 0 Å². The van der Waals surface area contributed by atoms with Crippen LogP contribution in [0.2, 0.25) is 0 Å². The molecule has 0 saturated heterocycles. The fraction of sp³-hybridized carbons (Fsp3) is 0.816. The van der Waals surface area contributed by atoms with Crippen molar-refractivity contribution in [3.63, 3.8) is 0 Å². The van der Waals surface area contributed by atoms with Gasteiger partial charge in [0.15, 0.2) is 0 Å². The highest BCUT2D eigenvalue weighted by molar-refractivity contribution is 5.91. The Morgan fingerprint density at radius 2 is 1.67 bits per heavy atom. The number of fused-ring (bicyclic) bond motifs is 4. The lowest BCUT2D eigenvalue weighted by molar-refractivity contribution is -0.175. The second-order valence-corrected chi connectivity index (χ2v) is 17.1. The maximum Gasteiger partial charge on any atom is 0.334 e. The number of aliphatic hydroxyl groups excluding tert-OH is 1. The molecular weight excluding hydrogens is 584 g/mol. The summed E-state index contributed by atoms with van der Waals surface area (Å²) < 4.78 is 16.5. The Hall–Kier alpha value is -2.19. The Morgan fingerprint density at radius 1 is 1.02 bits per heavy atom. The number of esters is 3. The van der Waals surface area contributed by atoms with E-state index >= 15 is 0 Å². The minimum atomic E-state index is -1.53. The van der Waals surface area contributed by atoms with E-state index in [1.165, 1.54) is 19.6 Å². The molecule has 1 heterocycles. The number of rotatable bonds is 8. The van der Waals surface area contributed by atoms with Gasteiger partial charge in [0.25, 0.3) is 0 Å². The molecule has 258 valence electrons. The Balaban J connectivity index is 1.36. The molecule has 0 bridgehead atoms. The maximum absolute atomic E-state index is 13.0. The standard InChI is InChI=1S/C38H58O8/c1-21(17-27-22(2)23(3)33(42)45-27)24-13-16-37(8)25-11-12-28-34(4,5)30(46-32(41)20-35(6,43)19-31(40)44-10)14-15-36(28,7)26(25)18-29(39)38(24,37)9/h21,24,27-30,39,43H,11-20H2,1-10H3/t21-,24-,27+,28+,29+,30-,35+,36-,37+,38+/m1/s1. The van der Waals surface area contributed by atoms with Crippen LogP contribution in [-0.4, -0.2) is 59.1 Å². The van der Waals surface area contributed by atoms with E-state index in [0.29, 0.717) is 24.7 Å². The molecule has 5 aliphatic rings. The monoisotopic (exact) mass is 642 g/mol. The molecule has 0 spiro atoms. The van der Waals surface area contributed by atoms with Crippen molar-refractivity contribution in [3.05, 3.63) is 22.3 Å². The normalized spacial score (nSPS) is 40.3. The van der Waals surface area contributed by atoms with Gasteiger partial charge in [-0.2, -0.15) is 0 Å². The topological polar surface area (TPSA) is 119 Å². The number of carbonyl (C=O) groups excluding carboxylic acids is 3. The lowest BCUT2D eigenvalue weighted by atomic mass is 9.42. The highest BCUT2D eigenvalue weighted by Gasteiger charge is 2.66. The third kappa shape index (κ3) is 5.38. The van der Waals surface area contributed by atoms with Crippen LogP contribution in [0, 0.1) is 39.4 Å². The summed E-state index contributed by atoms with van der Waals surface area (Å²) in [6, 6.07) is 0. The third-order valence-electron chi connectivity index (χ3n) is 14.3. The number of hydrogen-bond donors (Lipinski definition) is 2.